The summed E-state index contributed by atoms with van der Waals surface area (Å²) in [6.45, 7) is 0. The lowest BCUT2D eigenvalue weighted by atomic mass is 9.93. The van der Waals surface area contributed by atoms with E-state index in [4.69, 9.17) is 5.73 Å². The number of hydrogen-bond acceptors (Lipinski definition) is 5. The van der Waals surface area contributed by atoms with Gasteiger partial charge in [-0.3, -0.25) is 0 Å². The van der Waals surface area contributed by atoms with E-state index in [0.29, 0.717) is 11.2 Å². The van der Waals surface area contributed by atoms with Gasteiger partial charge in [0.05, 0.1) is 4.90 Å². The smallest absolute Gasteiger partial charge is 0.212 e. The van der Waals surface area contributed by atoms with E-state index in [9.17, 15) is 8.42 Å². The van der Waals surface area contributed by atoms with Gasteiger partial charge in [-0.05, 0) is 31.4 Å². The molecule has 0 bridgehead atoms. The highest BCUT2D eigenvalue weighted by Gasteiger charge is 2.33. The zero-order valence-corrected chi connectivity index (χ0v) is 13.2. The topological polar surface area (TPSA) is 90.9 Å². The van der Waals surface area contributed by atoms with E-state index in [2.05, 4.69) is 9.97 Å². The molecule has 7 heteroatoms. The van der Waals surface area contributed by atoms with Crippen LogP contribution in [0.15, 0.2) is 52.5 Å². The maximum atomic E-state index is 13.0. The summed E-state index contributed by atoms with van der Waals surface area (Å²) in [4.78, 5) is 8.86. The normalized spacial score (nSPS) is 15.7. The lowest BCUT2D eigenvalue weighted by molar-refractivity contribution is 0.323. The van der Waals surface area contributed by atoms with Crippen LogP contribution in [-0.2, 0) is 9.84 Å². The van der Waals surface area contributed by atoms with Crippen molar-refractivity contribution >= 4 is 26.8 Å². The van der Waals surface area contributed by atoms with Crippen LogP contribution in [0.25, 0.3) is 11.2 Å². The van der Waals surface area contributed by atoms with Crippen LogP contribution < -0.4 is 5.73 Å². The Balaban J connectivity index is 2.03. The summed E-state index contributed by atoms with van der Waals surface area (Å²) in [6.07, 6.45) is 6.14. The van der Waals surface area contributed by atoms with Crippen molar-refractivity contribution in [3.8, 4) is 0 Å². The lowest BCUT2D eigenvalue weighted by Crippen LogP contribution is -2.19. The largest absolute Gasteiger partial charge is 0.384 e. The number of sulfone groups is 1. The number of rotatable bonds is 3. The number of nitrogen functional groups attached to an aromatic ring is 1. The third-order valence-corrected chi connectivity index (χ3v) is 6.21. The minimum absolute atomic E-state index is 0.0682. The molecule has 0 radical (unpaired) electrons. The molecule has 3 aromatic rings. The maximum absolute atomic E-state index is 13.0. The molecule has 0 saturated heterocycles. The SMILES string of the molecule is Nc1c(S(=O)(=O)c2ccccc2)c2nccnc2n1C1CCC1. The molecule has 2 aromatic heterocycles. The summed E-state index contributed by atoms with van der Waals surface area (Å²) in [5.74, 6) is 0.236. The Morgan fingerprint density at radius 1 is 1.09 bits per heavy atom. The predicted molar refractivity (Wildman–Crippen MR) is 86.7 cm³/mol. The molecule has 0 unspecified atom stereocenters. The summed E-state index contributed by atoms with van der Waals surface area (Å²) in [6, 6.07) is 8.50. The molecule has 1 saturated carbocycles. The van der Waals surface area contributed by atoms with Crippen molar-refractivity contribution in [3.05, 3.63) is 42.7 Å². The summed E-state index contributed by atoms with van der Waals surface area (Å²) in [5, 5.41) is 0. The van der Waals surface area contributed by atoms with Gasteiger partial charge in [0, 0.05) is 18.4 Å². The Bertz CT molecular complexity index is 976. The van der Waals surface area contributed by atoms with Gasteiger partial charge in [-0.25, -0.2) is 18.4 Å². The fraction of sp³-hybridized carbons (Fsp3) is 0.250. The van der Waals surface area contributed by atoms with Crippen LogP contribution in [0.2, 0.25) is 0 Å². The van der Waals surface area contributed by atoms with Crippen molar-refractivity contribution in [1.29, 1.82) is 0 Å². The van der Waals surface area contributed by atoms with E-state index in [-0.39, 0.29) is 21.7 Å². The molecule has 1 aliphatic carbocycles. The number of benzene rings is 1. The second kappa shape index (κ2) is 5.06. The average molecular weight is 328 g/mol. The Morgan fingerprint density at radius 2 is 1.78 bits per heavy atom. The van der Waals surface area contributed by atoms with Crippen molar-refractivity contribution in [2.24, 2.45) is 0 Å². The molecule has 4 rings (SSSR count). The first-order valence-corrected chi connectivity index (χ1v) is 8.99. The molecule has 0 amide bonds. The molecule has 2 heterocycles. The zero-order chi connectivity index (χ0) is 16.0. The monoisotopic (exact) mass is 328 g/mol. The van der Waals surface area contributed by atoms with Crippen LogP contribution >= 0.6 is 0 Å². The van der Waals surface area contributed by atoms with Crippen LogP contribution in [0, 0.1) is 0 Å². The number of nitrogens with zero attached hydrogens (tertiary/aromatic N) is 3. The zero-order valence-electron chi connectivity index (χ0n) is 12.4. The number of anilines is 1. The van der Waals surface area contributed by atoms with Crippen molar-refractivity contribution in [2.75, 3.05) is 5.73 Å². The Morgan fingerprint density at radius 3 is 2.43 bits per heavy atom. The molecular weight excluding hydrogens is 312 g/mol. The lowest BCUT2D eigenvalue weighted by Gasteiger charge is -2.28. The van der Waals surface area contributed by atoms with Crippen LogP contribution in [0.5, 0.6) is 0 Å². The van der Waals surface area contributed by atoms with Gasteiger partial charge in [-0.15, -0.1) is 0 Å². The molecule has 1 aromatic carbocycles. The van der Waals surface area contributed by atoms with E-state index in [1.165, 1.54) is 6.20 Å². The third kappa shape index (κ3) is 2.03. The first kappa shape index (κ1) is 14.2. The van der Waals surface area contributed by atoms with Crippen molar-refractivity contribution < 1.29 is 8.42 Å². The number of aromatic nitrogens is 3. The van der Waals surface area contributed by atoms with Gasteiger partial charge in [0.25, 0.3) is 0 Å². The first-order chi connectivity index (χ1) is 11.1. The van der Waals surface area contributed by atoms with Crippen molar-refractivity contribution in [1.82, 2.24) is 14.5 Å². The Kier molecular flexibility index (Phi) is 3.12. The van der Waals surface area contributed by atoms with E-state index >= 15 is 0 Å². The minimum Gasteiger partial charge on any atom is -0.384 e. The highest BCUT2D eigenvalue weighted by molar-refractivity contribution is 7.92. The maximum Gasteiger partial charge on any atom is 0.212 e. The van der Waals surface area contributed by atoms with Gasteiger partial charge >= 0.3 is 0 Å². The van der Waals surface area contributed by atoms with E-state index in [1.807, 2.05) is 4.57 Å². The number of nitrogens with two attached hydrogens (primary N) is 1. The minimum atomic E-state index is -3.74. The van der Waals surface area contributed by atoms with Crippen LogP contribution in [-0.4, -0.2) is 23.0 Å². The average Bonchev–Trinajstić information content (AvgIpc) is 2.80. The van der Waals surface area contributed by atoms with Gasteiger partial charge in [-0.1, -0.05) is 18.2 Å². The summed E-state index contributed by atoms with van der Waals surface area (Å²) in [7, 11) is -3.74. The Hall–Kier alpha value is -2.41. The van der Waals surface area contributed by atoms with Gasteiger partial charge in [0.15, 0.2) is 5.65 Å². The quantitative estimate of drug-likeness (QED) is 0.798. The summed E-state index contributed by atoms with van der Waals surface area (Å²) < 4.78 is 27.9. The second-order valence-electron chi connectivity index (χ2n) is 5.71. The number of hydrogen-bond donors (Lipinski definition) is 1. The van der Waals surface area contributed by atoms with E-state index < -0.39 is 9.84 Å². The summed E-state index contributed by atoms with van der Waals surface area (Å²) in [5.41, 5.74) is 7.15. The van der Waals surface area contributed by atoms with Gasteiger partial charge < -0.3 is 10.3 Å². The summed E-state index contributed by atoms with van der Waals surface area (Å²) >= 11 is 0. The van der Waals surface area contributed by atoms with Crippen LogP contribution in [0.4, 0.5) is 5.82 Å². The third-order valence-electron chi connectivity index (χ3n) is 4.38. The van der Waals surface area contributed by atoms with Gasteiger partial charge in [0.1, 0.15) is 16.2 Å². The molecule has 0 aliphatic heterocycles. The van der Waals surface area contributed by atoms with Gasteiger partial charge in [0.2, 0.25) is 9.84 Å². The second-order valence-corrected chi connectivity index (χ2v) is 7.60. The van der Waals surface area contributed by atoms with E-state index in [1.54, 1.807) is 36.5 Å². The highest BCUT2D eigenvalue weighted by Crippen LogP contribution is 2.41. The molecule has 1 fully saturated rings. The van der Waals surface area contributed by atoms with Crippen molar-refractivity contribution in [3.63, 3.8) is 0 Å². The fourth-order valence-corrected chi connectivity index (χ4v) is 4.53. The highest BCUT2D eigenvalue weighted by atomic mass is 32.2. The molecular formula is C16H16N4O2S. The van der Waals surface area contributed by atoms with E-state index in [0.717, 1.165) is 19.3 Å². The van der Waals surface area contributed by atoms with Crippen LogP contribution in [0.1, 0.15) is 25.3 Å². The molecule has 0 atom stereocenters. The molecule has 1 aliphatic rings. The standard InChI is InChI=1S/C16H16N4O2S/c17-15-14(23(21,22)12-7-2-1-3-8-12)13-16(19-10-9-18-13)20(15)11-5-4-6-11/h1-3,7-11H,4-6,17H2. The molecule has 0 spiro atoms. The molecule has 6 nitrogen and oxygen atoms in total. The fourth-order valence-electron chi connectivity index (χ4n) is 3.01. The number of fused-ring (bicyclic) bond motifs is 1. The molecule has 118 valence electrons. The Labute approximate surface area is 133 Å². The van der Waals surface area contributed by atoms with Gasteiger partial charge in [-0.2, -0.15) is 0 Å². The molecule has 2 N–H and O–H groups in total. The predicted octanol–water partition coefficient (Wildman–Crippen LogP) is 2.57. The first-order valence-electron chi connectivity index (χ1n) is 7.51. The van der Waals surface area contributed by atoms with Crippen LogP contribution in [0.3, 0.4) is 0 Å². The molecule has 23 heavy (non-hydrogen) atoms. The van der Waals surface area contributed by atoms with Crippen molar-refractivity contribution in [2.45, 2.75) is 35.1 Å².